The van der Waals surface area contributed by atoms with Crippen LogP contribution in [0.25, 0.3) is 11.0 Å². The summed E-state index contributed by atoms with van der Waals surface area (Å²) >= 11 is 6.32. The van der Waals surface area contributed by atoms with Crippen molar-refractivity contribution in [3.63, 3.8) is 0 Å². The average Bonchev–Trinajstić information content (AvgIpc) is 2.95. The molecule has 0 saturated heterocycles. The Morgan fingerprint density at radius 2 is 1.88 bits per heavy atom. The van der Waals surface area contributed by atoms with Gasteiger partial charge in [0.2, 0.25) is 9.84 Å². The van der Waals surface area contributed by atoms with E-state index < -0.39 is 9.84 Å². The summed E-state index contributed by atoms with van der Waals surface area (Å²) in [5.74, 6) is 0.885. The molecule has 1 aliphatic heterocycles. The normalized spacial score (nSPS) is 14.8. The van der Waals surface area contributed by atoms with E-state index in [2.05, 4.69) is 5.32 Å². The first-order valence-electron chi connectivity index (χ1n) is 7.73. The number of hydrogen-bond acceptors (Lipinski definition) is 4. The Hall–Kier alpha value is -1.82. The maximum absolute atomic E-state index is 12.9. The summed E-state index contributed by atoms with van der Waals surface area (Å²) in [6, 6.07) is 9.96. The van der Waals surface area contributed by atoms with Gasteiger partial charge in [0.1, 0.15) is 5.76 Å². The Morgan fingerprint density at radius 1 is 1.12 bits per heavy atom. The third kappa shape index (κ3) is 2.44. The molecule has 1 N–H and O–H groups in total. The molecule has 24 heavy (non-hydrogen) atoms. The van der Waals surface area contributed by atoms with Crippen LogP contribution in [0.1, 0.15) is 16.9 Å². The summed E-state index contributed by atoms with van der Waals surface area (Å²) in [6.45, 7) is 3.43. The van der Waals surface area contributed by atoms with Crippen LogP contribution >= 0.6 is 11.6 Å². The Labute approximate surface area is 145 Å². The van der Waals surface area contributed by atoms with Crippen molar-refractivity contribution in [3.8, 4) is 0 Å². The van der Waals surface area contributed by atoms with E-state index in [4.69, 9.17) is 16.0 Å². The maximum Gasteiger partial charge on any atom is 0.206 e. The molecule has 0 aliphatic carbocycles. The number of furan rings is 1. The molecule has 2 heterocycles. The van der Waals surface area contributed by atoms with Crippen LogP contribution in [-0.4, -0.2) is 15.0 Å². The van der Waals surface area contributed by atoms with Gasteiger partial charge in [0.05, 0.1) is 14.8 Å². The fraction of sp³-hybridized carbons (Fsp3) is 0.222. The molecular weight excluding hydrogens is 346 g/mol. The standard InChI is InChI=1S/C18H16ClNO3S/c1-11-2-4-12(5-3-11)24(21,22)13-8-14-15-10-20-7-6-17(15)23-18(14)16(19)9-13/h2-5,8-9,20H,6-7,10H2,1H3. The molecule has 0 spiro atoms. The van der Waals surface area contributed by atoms with Crippen molar-refractivity contribution < 1.29 is 12.8 Å². The van der Waals surface area contributed by atoms with Crippen LogP contribution in [0.4, 0.5) is 0 Å². The van der Waals surface area contributed by atoms with Crippen LogP contribution in [0.15, 0.2) is 50.6 Å². The van der Waals surface area contributed by atoms with E-state index in [9.17, 15) is 8.42 Å². The fourth-order valence-corrected chi connectivity index (χ4v) is 4.69. The van der Waals surface area contributed by atoms with Gasteiger partial charge in [-0.1, -0.05) is 29.3 Å². The van der Waals surface area contributed by atoms with Crippen LogP contribution in [0.5, 0.6) is 0 Å². The van der Waals surface area contributed by atoms with Crippen molar-refractivity contribution in [2.45, 2.75) is 29.7 Å². The molecule has 4 rings (SSSR count). The van der Waals surface area contributed by atoms with Gasteiger partial charge in [0.15, 0.2) is 5.58 Å². The van der Waals surface area contributed by atoms with Gasteiger partial charge in [-0.2, -0.15) is 0 Å². The average molecular weight is 362 g/mol. The van der Waals surface area contributed by atoms with E-state index in [0.29, 0.717) is 17.2 Å². The highest BCUT2D eigenvalue weighted by Crippen LogP contribution is 2.36. The predicted octanol–water partition coefficient (Wildman–Crippen LogP) is 3.87. The van der Waals surface area contributed by atoms with E-state index in [1.54, 1.807) is 30.3 Å². The van der Waals surface area contributed by atoms with Crippen LogP contribution < -0.4 is 5.32 Å². The highest BCUT2D eigenvalue weighted by atomic mass is 35.5. The Kier molecular flexibility index (Phi) is 3.67. The van der Waals surface area contributed by atoms with Gasteiger partial charge in [0, 0.05) is 30.5 Å². The molecule has 2 aromatic carbocycles. The van der Waals surface area contributed by atoms with E-state index >= 15 is 0 Å². The number of halogens is 1. The van der Waals surface area contributed by atoms with Crippen LogP contribution in [0.3, 0.4) is 0 Å². The molecule has 0 unspecified atom stereocenters. The van der Waals surface area contributed by atoms with Gasteiger partial charge < -0.3 is 9.73 Å². The first-order valence-corrected chi connectivity index (χ1v) is 9.59. The van der Waals surface area contributed by atoms with Gasteiger partial charge in [-0.05, 0) is 31.2 Å². The largest absolute Gasteiger partial charge is 0.459 e. The molecule has 0 saturated carbocycles. The zero-order valence-corrected chi connectivity index (χ0v) is 14.7. The summed E-state index contributed by atoms with van der Waals surface area (Å²) in [5.41, 5.74) is 2.57. The van der Waals surface area contributed by atoms with Crippen LogP contribution in [0, 0.1) is 6.92 Å². The zero-order valence-electron chi connectivity index (χ0n) is 13.1. The molecule has 6 heteroatoms. The van der Waals surface area contributed by atoms with Crippen LogP contribution in [-0.2, 0) is 22.8 Å². The van der Waals surface area contributed by atoms with Crippen molar-refractivity contribution in [3.05, 3.63) is 58.3 Å². The number of aryl methyl sites for hydroxylation is 1. The molecular formula is C18H16ClNO3S. The number of hydrogen-bond donors (Lipinski definition) is 1. The van der Waals surface area contributed by atoms with Gasteiger partial charge in [0.25, 0.3) is 0 Å². The summed E-state index contributed by atoms with van der Waals surface area (Å²) in [5, 5.41) is 4.38. The minimum absolute atomic E-state index is 0.193. The van der Waals surface area contributed by atoms with E-state index in [1.165, 1.54) is 6.07 Å². The van der Waals surface area contributed by atoms with Crippen molar-refractivity contribution in [2.75, 3.05) is 6.54 Å². The summed E-state index contributed by atoms with van der Waals surface area (Å²) in [4.78, 5) is 0.456. The third-order valence-corrected chi connectivity index (χ3v) is 6.41. The lowest BCUT2D eigenvalue weighted by Crippen LogP contribution is -2.22. The SMILES string of the molecule is Cc1ccc(S(=O)(=O)c2cc(Cl)c3oc4c(c3c2)CNCC4)cc1. The van der Waals surface area contributed by atoms with Gasteiger partial charge in [-0.15, -0.1) is 0 Å². The molecule has 0 amide bonds. The smallest absolute Gasteiger partial charge is 0.206 e. The topological polar surface area (TPSA) is 59.3 Å². The first kappa shape index (κ1) is 15.7. The number of rotatable bonds is 2. The molecule has 0 radical (unpaired) electrons. The minimum atomic E-state index is -3.62. The van der Waals surface area contributed by atoms with Gasteiger partial charge in [-0.3, -0.25) is 0 Å². The monoisotopic (exact) mass is 361 g/mol. The van der Waals surface area contributed by atoms with Gasteiger partial charge >= 0.3 is 0 Å². The second kappa shape index (κ2) is 5.62. The summed E-state index contributed by atoms with van der Waals surface area (Å²) in [7, 11) is -3.62. The highest BCUT2D eigenvalue weighted by molar-refractivity contribution is 7.91. The predicted molar refractivity (Wildman–Crippen MR) is 93.3 cm³/mol. The Bertz CT molecular complexity index is 1040. The lowest BCUT2D eigenvalue weighted by molar-refractivity contribution is 0.500. The maximum atomic E-state index is 12.9. The molecule has 3 aromatic rings. The van der Waals surface area contributed by atoms with E-state index in [1.807, 2.05) is 6.92 Å². The molecule has 0 fully saturated rings. The number of nitrogens with one attached hydrogen (secondary N) is 1. The molecule has 124 valence electrons. The quantitative estimate of drug-likeness (QED) is 0.752. The molecule has 0 bridgehead atoms. The molecule has 1 aromatic heterocycles. The second-order valence-corrected chi connectivity index (χ2v) is 8.39. The van der Waals surface area contributed by atoms with E-state index in [-0.39, 0.29) is 9.79 Å². The summed E-state index contributed by atoms with van der Waals surface area (Å²) in [6.07, 6.45) is 0.778. The van der Waals surface area contributed by atoms with E-state index in [0.717, 1.165) is 35.2 Å². The fourth-order valence-electron chi connectivity index (χ4n) is 3.05. The number of benzene rings is 2. The van der Waals surface area contributed by atoms with Crippen molar-refractivity contribution in [1.82, 2.24) is 5.32 Å². The second-order valence-electron chi connectivity index (χ2n) is 6.03. The number of fused-ring (bicyclic) bond motifs is 3. The Morgan fingerprint density at radius 3 is 2.62 bits per heavy atom. The van der Waals surface area contributed by atoms with Crippen LogP contribution in [0.2, 0.25) is 5.02 Å². The first-order chi connectivity index (χ1) is 11.5. The highest BCUT2D eigenvalue weighted by Gasteiger charge is 2.24. The lowest BCUT2D eigenvalue weighted by atomic mass is 10.1. The molecule has 4 nitrogen and oxygen atoms in total. The van der Waals surface area contributed by atoms with Gasteiger partial charge in [-0.25, -0.2) is 8.42 Å². The minimum Gasteiger partial charge on any atom is -0.459 e. The zero-order chi connectivity index (χ0) is 16.9. The van der Waals surface area contributed by atoms with Crippen molar-refractivity contribution >= 4 is 32.4 Å². The molecule has 0 atom stereocenters. The van der Waals surface area contributed by atoms with Crippen molar-refractivity contribution in [1.29, 1.82) is 0 Å². The van der Waals surface area contributed by atoms with Crippen molar-refractivity contribution in [2.24, 2.45) is 0 Å². The lowest BCUT2D eigenvalue weighted by Gasteiger charge is -2.11. The Balaban J connectivity index is 1.92. The third-order valence-electron chi connectivity index (χ3n) is 4.38. The number of sulfone groups is 1. The summed E-state index contributed by atoms with van der Waals surface area (Å²) < 4.78 is 31.7. The molecule has 1 aliphatic rings.